The van der Waals surface area contributed by atoms with Gasteiger partial charge in [-0.15, -0.1) is 0 Å². The molecular weight excluding hydrogens is 488 g/mol. The highest BCUT2D eigenvalue weighted by Gasteiger charge is 2.31. The zero-order valence-electron chi connectivity index (χ0n) is 20.9. The molecule has 6 rings (SSSR count). The molecule has 0 saturated carbocycles. The SMILES string of the molecule is Cc1cc(C#CC2CCOCC2)cc(C(=O)N[C@H](c2cc3c(F)cccc3[nH]2)c2ncn3c2C[C@@H](F)C3)n1. The van der Waals surface area contributed by atoms with Crippen LogP contribution < -0.4 is 5.32 Å². The second-order valence-electron chi connectivity index (χ2n) is 9.90. The zero-order chi connectivity index (χ0) is 26.2. The molecule has 5 heterocycles. The molecule has 2 N–H and O–H groups in total. The van der Waals surface area contributed by atoms with Gasteiger partial charge in [0, 0.05) is 59.1 Å². The highest BCUT2D eigenvalue weighted by molar-refractivity contribution is 5.93. The van der Waals surface area contributed by atoms with Gasteiger partial charge in [0.2, 0.25) is 0 Å². The van der Waals surface area contributed by atoms with Crippen molar-refractivity contribution in [2.45, 2.75) is 44.9 Å². The van der Waals surface area contributed by atoms with E-state index >= 15 is 0 Å². The van der Waals surface area contributed by atoms with Crippen molar-refractivity contribution in [3.05, 3.63) is 82.6 Å². The van der Waals surface area contributed by atoms with Crippen molar-refractivity contribution in [1.82, 2.24) is 24.8 Å². The van der Waals surface area contributed by atoms with Crippen LogP contribution in [0.15, 0.2) is 42.7 Å². The quantitative estimate of drug-likeness (QED) is 0.395. The largest absolute Gasteiger partial charge is 0.381 e. The lowest BCUT2D eigenvalue weighted by Gasteiger charge is -2.18. The normalized spacial score (nSPS) is 18.1. The molecule has 0 aliphatic carbocycles. The minimum absolute atomic E-state index is 0.199. The first kappa shape index (κ1) is 24.3. The fourth-order valence-corrected chi connectivity index (χ4v) is 5.21. The summed E-state index contributed by atoms with van der Waals surface area (Å²) in [5, 5.41) is 3.42. The number of carbonyl (C=O) groups excluding carboxylic acids is 1. The molecule has 9 heteroatoms. The predicted octanol–water partition coefficient (Wildman–Crippen LogP) is 4.40. The standard InChI is InChI=1S/C29H27F2N5O2/c1-17-11-19(6-5-18-7-9-38-10-8-18)12-25(33-17)29(37)35-27(28-26-13-20(30)15-36(26)16-32-28)24-14-21-22(31)3-2-4-23(21)34-24/h2-4,11-12,14,16,18,20,27,34H,7-10,13,15H2,1H3,(H,35,37)/t20-,27-/m1/s1. The number of imidazole rings is 1. The van der Waals surface area contributed by atoms with Crippen molar-refractivity contribution in [2.75, 3.05) is 13.2 Å². The van der Waals surface area contributed by atoms with Crippen LogP contribution in [-0.4, -0.2) is 44.8 Å². The van der Waals surface area contributed by atoms with Crippen LogP contribution >= 0.6 is 0 Å². The van der Waals surface area contributed by atoms with Crippen LogP contribution in [0.4, 0.5) is 8.78 Å². The molecule has 194 valence electrons. The van der Waals surface area contributed by atoms with Gasteiger partial charge in [0.1, 0.15) is 23.7 Å². The van der Waals surface area contributed by atoms with Crippen LogP contribution in [0.1, 0.15) is 57.7 Å². The van der Waals surface area contributed by atoms with Gasteiger partial charge in [-0.3, -0.25) is 4.79 Å². The molecule has 2 atom stereocenters. The summed E-state index contributed by atoms with van der Waals surface area (Å²) in [4.78, 5) is 25.7. The molecule has 38 heavy (non-hydrogen) atoms. The smallest absolute Gasteiger partial charge is 0.270 e. The number of fused-ring (bicyclic) bond motifs is 2. The number of hydrogen-bond donors (Lipinski definition) is 2. The van der Waals surface area contributed by atoms with Gasteiger partial charge < -0.3 is 19.6 Å². The number of ether oxygens (including phenoxy) is 1. The Kier molecular flexibility index (Phi) is 6.42. The second-order valence-corrected chi connectivity index (χ2v) is 9.90. The summed E-state index contributed by atoms with van der Waals surface area (Å²) >= 11 is 0. The number of benzene rings is 1. The monoisotopic (exact) mass is 515 g/mol. The maximum absolute atomic E-state index is 14.5. The van der Waals surface area contributed by atoms with E-state index in [1.54, 1.807) is 35.2 Å². The van der Waals surface area contributed by atoms with Gasteiger partial charge in [0.05, 0.1) is 18.6 Å². The van der Waals surface area contributed by atoms with Crippen LogP contribution in [0.3, 0.4) is 0 Å². The fourth-order valence-electron chi connectivity index (χ4n) is 5.21. The van der Waals surface area contributed by atoms with Gasteiger partial charge in [-0.1, -0.05) is 17.9 Å². The highest BCUT2D eigenvalue weighted by Crippen LogP contribution is 2.31. The molecular formula is C29H27F2N5O2. The molecule has 0 radical (unpaired) electrons. The maximum Gasteiger partial charge on any atom is 0.270 e. The topological polar surface area (TPSA) is 84.8 Å². The third kappa shape index (κ3) is 4.79. The Labute approximate surface area is 218 Å². The van der Waals surface area contributed by atoms with Gasteiger partial charge in [0.15, 0.2) is 0 Å². The number of aromatic nitrogens is 4. The van der Waals surface area contributed by atoms with E-state index in [4.69, 9.17) is 4.74 Å². The Morgan fingerprint density at radius 1 is 1.26 bits per heavy atom. The van der Waals surface area contributed by atoms with Gasteiger partial charge >= 0.3 is 0 Å². The first-order chi connectivity index (χ1) is 18.4. The summed E-state index contributed by atoms with van der Waals surface area (Å²) < 4.78 is 35.9. The van der Waals surface area contributed by atoms with E-state index in [-0.39, 0.29) is 30.4 Å². The lowest BCUT2D eigenvalue weighted by atomic mass is 10.0. The fraction of sp³-hybridized carbons (Fsp3) is 0.345. The number of rotatable bonds is 4. The number of halogens is 2. The van der Waals surface area contributed by atoms with Gasteiger partial charge in [0.25, 0.3) is 5.91 Å². The van der Waals surface area contributed by atoms with Crippen LogP contribution in [0, 0.1) is 30.5 Å². The summed E-state index contributed by atoms with van der Waals surface area (Å²) in [6.07, 6.45) is 2.56. The second kappa shape index (κ2) is 10.0. The van der Waals surface area contributed by atoms with Gasteiger partial charge in [-0.05, 0) is 50.1 Å². The third-order valence-corrected chi connectivity index (χ3v) is 7.11. The van der Waals surface area contributed by atoms with Crippen molar-refractivity contribution in [3.63, 3.8) is 0 Å². The number of nitrogens with one attached hydrogen (secondary N) is 2. The first-order valence-corrected chi connectivity index (χ1v) is 12.8. The van der Waals surface area contributed by atoms with Crippen molar-refractivity contribution in [2.24, 2.45) is 5.92 Å². The molecule has 4 aromatic rings. The summed E-state index contributed by atoms with van der Waals surface area (Å²) in [5.41, 5.74) is 3.97. The molecule has 2 aliphatic heterocycles. The molecule has 3 aromatic heterocycles. The summed E-state index contributed by atoms with van der Waals surface area (Å²) in [6, 6.07) is 9.20. The molecule has 2 aliphatic rings. The summed E-state index contributed by atoms with van der Waals surface area (Å²) in [5.74, 6) is 5.96. The number of H-pyrrole nitrogens is 1. The summed E-state index contributed by atoms with van der Waals surface area (Å²) in [6.45, 7) is 3.46. The molecule has 0 unspecified atom stereocenters. The van der Waals surface area contributed by atoms with Crippen molar-refractivity contribution < 1.29 is 18.3 Å². The number of nitrogens with zero attached hydrogens (tertiary/aromatic N) is 3. The van der Waals surface area contributed by atoms with Crippen LogP contribution in [0.2, 0.25) is 0 Å². The van der Waals surface area contributed by atoms with Crippen molar-refractivity contribution >= 4 is 16.8 Å². The lowest BCUT2D eigenvalue weighted by molar-refractivity contribution is 0.0807. The molecule has 0 bridgehead atoms. The number of hydrogen-bond acceptors (Lipinski definition) is 4. The number of amides is 1. The van der Waals surface area contributed by atoms with E-state index in [1.165, 1.54) is 6.07 Å². The van der Waals surface area contributed by atoms with Gasteiger partial charge in [-0.2, -0.15) is 0 Å². The van der Waals surface area contributed by atoms with Crippen molar-refractivity contribution in [1.29, 1.82) is 0 Å². The molecule has 1 amide bonds. The molecule has 7 nitrogen and oxygen atoms in total. The Hall–Kier alpha value is -4.03. The maximum atomic E-state index is 14.5. The Morgan fingerprint density at radius 3 is 2.92 bits per heavy atom. The Bertz CT molecular complexity index is 1570. The number of aryl methyl sites for hydroxylation is 1. The number of carbonyl (C=O) groups is 1. The van der Waals surface area contributed by atoms with Crippen LogP contribution in [-0.2, 0) is 17.7 Å². The third-order valence-electron chi connectivity index (χ3n) is 7.11. The van der Waals surface area contributed by atoms with E-state index in [9.17, 15) is 13.6 Å². The van der Waals surface area contributed by atoms with E-state index in [2.05, 4.69) is 32.1 Å². The zero-order valence-corrected chi connectivity index (χ0v) is 20.9. The Morgan fingerprint density at radius 2 is 2.11 bits per heavy atom. The van der Waals surface area contributed by atoms with Crippen LogP contribution in [0.25, 0.3) is 10.9 Å². The predicted molar refractivity (Wildman–Crippen MR) is 138 cm³/mol. The van der Waals surface area contributed by atoms with Gasteiger partial charge in [-0.25, -0.2) is 18.7 Å². The average Bonchev–Trinajstić information content (AvgIpc) is 3.61. The molecule has 1 fully saturated rings. The number of alkyl halides is 1. The van der Waals surface area contributed by atoms with Crippen molar-refractivity contribution in [3.8, 4) is 11.8 Å². The molecule has 0 spiro atoms. The average molecular weight is 516 g/mol. The van der Waals surface area contributed by atoms with Crippen LogP contribution in [0.5, 0.6) is 0 Å². The molecule has 1 saturated heterocycles. The minimum atomic E-state index is -1.02. The number of pyridine rings is 1. The Balaban J connectivity index is 1.34. The minimum Gasteiger partial charge on any atom is -0.381 e. The van der Waals surface area contributed by atoms with E-state index in [1.807, 2.05) is 13.0 Å². The highest BCUT2D eigenvalue weighted by atomic mass is 19.1. The summed E-state index contributed by atoms with van der Waals surface area (Å²) in [7, 11) is 0. The van der Waals surface area contributed by atoms with E-state index < -0.39 is 18.1 Å². The van der Waals surface area contributed by atoms with E-state index in [0.717, 1.165) is 12.8 Å². The number of aromatic amines is 1. The lowest BCUT2D eigenvalue weighted by Crippen LogP contribution is -2.31. The molecule has 1 aromatic carbocycles. The van der Waals surface area contributed by atoms with E-state index in [0.29, 0.717) is 52.5 Å². The first-order valence-electron chi connectivity index (χ1n) is 12.8.